The van der Waals surface area contributed by atoms with Crippen molar-refractivity contribution in [2.45, 2.75) is 68.2 Å². The molecule has 2 bridgehead atoms. The molecule has 2 unspecified atom stereocenters. The summed E-state index contributed by atoms with van der Waals surface area (Å²) >= 11 is 1.62. The van der Waals surface area contributed by atoms with Crippen LogP contribution in [0.5, 0.6) is 5.75 Å². The largest absolute Gasteiger partial charge is 0.494 e. The summed E-state index contributed by atoms with van der Waals surface area (Å²) in [6, 6.07) is 14.9. The molecular weight excluding hydrogens is 514 g/mol. The van der Waals surface area contributed by atoms with Crippen molar-refractivity contribution in [3.05, 3.63) is 60.2 Å². The maximum absolute atomic E-state index is 14.4. The molecule has 2 aromatic carbocycles. The second kappa shape index (κ2) is 10.5. The van der Waals surface area contributed by atoms with Gasteiger partial charge in [-0.25, -0.2) is 0 Å². The predicted molar refractivity (Wildman–Crippen MR) is 151 cm³/mol. The number of hydrogen-bond donors (Lipinski definition) is 3. The van der Waals surface area contributed by atoms with Crippen molar-refractivity contribution in [1.29, 1.82) is 0 Å². The molecule has 3 amide bonds. The third-order valence-electron chi connectivity index (χ3n) is 8.30. The third-order valence-corrected chi connectivity index (χ3v) is 10.3. The van der Waals surface area contributed by atoms with E-state index in [1.54, 1.807) is 40.9 Å². The van der Waals surface area contributed by atoms with Gasteiger partial charge in [-0.3, -0.25) is 14.4 Å². The van der Waals surface area contributed by atoms with Gasteiger partial charge in [0.15, 0.2) is 0 Å². The molecule has 2 aromatic rings. The number of aliphatic hydroxyl groups excluding tert-OH is 1. The van der Waals surface area contributed by atoms with Crippen molar-refractivity contribution in [3.63, 3.8) is 0 Å². The highest BCUT2D eigenvalue weighted by atomic mass is 32.2. The molecule has 3 fully saturated rings. The van der Waals surface area contributed by atoms with Crippen molar-refractivity contribution >= 4 is 35.2 Å². The van der Waals surface area contributed by atoms with Crippen LogP contribution in [-0.2, 0) is 14.4 Å². The van der Waals surface area contributed by atoms with E-state index in [1.807, 2.05) is 58.0 Å². The van der Waals surface area contributed by atoms with E-state index in [2.05, 4.69) is 10.6 Å². The molecule has 3 saturated heterocycles. The van der Waals surface area contributed by atoms with E-state index in [0.717, 1.165) is 12.0 Å². The topological polar surface area (TPSA) is 108 Å². The molecule has 6 atom stereocenters. The number of carbonyl (C=O) groups is 3. The zero-order valence-corrected chi connectivity index (χ0v) is 23.7. The standard InChI is InChI=1S/C30H37N3O5S/c1-5-38-21-13-11-20(12-14-21)32-26(35)23-24-28(37)33(22(17-34)19-9-7-6-8-10-19)25(27(36)31-18(2)3)30(24)16-15-29(23,4)39-30/h6-14,18,22-25,34H,5,15-17H2,1-4H3,(H,31,36)(H,32,35)/t22-,23-,24+,25?,29+,30?/m1/s1. The quantitative estimate of drug-likeness (QED) is 0.438. The van der Waals surface area contributed by atoms with E-state index in [1.165, 1.54) is 0 Å². The Morgan fingerprint density at radius 2 is 1.79 bits per heavy atom. The SMILES string of the molecule is CCOc1ccc(NC(=O)[C@H]2[C@H]3C(=O)N([C@H](CO)c4ccccc4)C(C(=O)NC(C)C)C34CC[C@]2(C)S4)cc1. The summed E-state index contributed by atoms with van der Waals surface area (Å²) in [5, 5.41) is 16.6. The zero-order chi connectivity index (χ0) is 27.9. The summed E-state index contributed by atoms with van der Waals surface area (Å²) in [5.74, 6) is -1.29. The minimum absolute atomic E-state index is 0.118. The molecule has 0 aromatic heterocycles. The molecule has 5 rings (SSSR count). The molecule has 3 N–H and O–H groups in total. The number of hydrogen-bond acceptors (Lipinski definition) is 6. The normalized spacial score (nSPS) is 29.8. The van der Waals surface area contributed by atoms with E-state index >= 15 is 0 Å². The van der Waals surface area contributed by atoms with Crippen LogP contribution >= 0.6 is 11.8 Å². The Balaban J connectivity index is 1.53. The fourth-order valence-corrected chi connectivity index (χ4v) is 9.16. The Labute approximate surface area is 233 Å². The van der Waals surface area contributed by atoms with Crippen molar-refractivity contribution in [1.82, 2.24) is 10.2 Å². The van der Waals surface area contributed by atoms with Gasteiger partial charge in [0.2, 0.25) is 17.7 Å². The molecule has 3 aliphatic rings. The first-order chi connectivity index (χ1) is 18.6. The third kappa shape index (κ3) is 4.59. The number of aliphatic hydroxyl groups is 1. The summed E-state index contributed by atoms with van der Waals surface area (Å²) in [6.07, 6.45) is 1.37. The van der Waals surface area contributed by atoms with Gasteiger partial charge in [-0.2, -0.15) is 0 Å². The van der Waals surface area contributed by atoms with Crippen LogP contribution in [0.15, 0.2) is 54.6 Å². The first-order valence-electron chi connectivity index (χ1n) is 13.7. The summed E-state index contributed by atoms with van der Waals surface area (Å²) in [4.78, 5) is 43.7. The number of amides is 3. The zero-order valence-electron chi connectivity index (χ0n) is 22.8. The number of anilines is 1. The van der Waals surface area contributed by atoms with Gasteiger partial charge >= 0.3 is 0 Å². The van der Waals surface area contributed by atoms with Crippen molar-refractivity contribution < 1.29 is 24.2 Å². The number of ether oxygens (including phenoxy) is 1. The molecule has 3 aliphatic heterocycles. The minimum atomic E-state index is -0.801. The number of thioether (sulfide) groups is 1. The van der Waals surface area contributed by atoms with Crippen LogP contribution in [0.25, 0.3) is 0 Å². The lowest BCUT2D eigenvalue weighted by molar-refractivity contribution is -0.142. The predicted octanol–water partition coefficient (Wildman–Crippen LogP) is 3.76. The van der Waals surface area contributed by atoms with E-state index in [4.69, 9.17) is 4.74 Å². The van der Waals surface area contributed by atoms with E-state index in [0.29, 0.717) is 24.5 Å². The van der Waals surface area contributed by atoms with Gasteiger partial charge in [-0.15, -0.1) is 11.8 Å². The van der Waals surface area contributed by atoms with E-state index in [9.17, 15) is 19.5 Å². The van der Waals surface area contributed by atoms with Crippen LogP contribution in [-0.4, -0.2) is 62.5 Å². The minimum Gasteiger partial charge on any atom is -0.494 e. The van der Waals surface area contributed by atoms with Crippen molar-refractivity contribution in [2.75, 3.05) is 18.5 Å². The first kappa shape index (κ1) is 27.5. The van der Waals surface area contributed by atoms with Crippen LogP contribution in [0, 0.1) is 11.8 Å². The number of likely N-dealkylation sites (tertiary alicyclic amines) is 1. The van der Waals surface area contributed by atoms with E-state index in [-0.39, 0.29) is 30.4 Å². The summed E-state index contributed by atoms with van der Waals surface area (Å²) in [5.41, 5.74) is 1.39. The van der Waals surface area contributed by atoms with Gasteiger partial charge in [0.05, 0.1) is 35.8 Å². The Hall–Kier alpha value is -3.04. The maximum Gasteiger partial charge on any atom is 0.244 e. The molecule has 3 heterocycles. The van der Waals surface area contributed by atoms with Gasteiger partial charge in [0, 0.05) is 16.5 Å². The highest BCUT2D eigenvalue weighted by Gasteiger charge is 2.77. The Bertz CT molecular complexity index is 1240. The number of rotatable bonds is 9. The summed E-state index contributed by atoms with van der Waals surface area (Å²) < 4.78 is 4.27. The maximum atomic E-state index is 14.4. The highest BCUT2D eigenvalue weighted by molar-refractivity contribution is 8.02. The summed E-state index contributed by atoms with van der Waals surface area (Å²) in [6.45, 7) is 7.97. The van der Waals surface area contributed by atoms with Gasteiger partial charge in [0.25, 0.3) is 0 Å². The molecule has 208 valence electrons. The van der Waals surface area contributed by atoms with Crippen LogP contribution in [0.2, 0.25) is 0 Å². The second-order valence-electron chi connectivity index (χ2n) is 11.2. The Morgan fingerprint density at radius 3 is 2.41 bits per heavy atom. The fourth-order valence-electron chi connectivity index (χ4n) is 6.81. The molecule has 8 nitrogen and oxygen atoms in total. The number of fused-ring (bicyclic) bond motifs is 1. The lowest BCUT2D eigenvalue weighted by atomic mass is 9.66. The smallest absolute Gasteiger partial charge is 0.244 e. The average molecular weight is 552 g/mol. The number of carbonyl (C=O) groups excluding carboxylic acids is 3. The Kier molecular flexibility index (Phi) is 7.41. The van der Waals surface area contributed by atoms with E-state index < -0.39 is 33.4 Å². The van der Waals surface area contributed by atoms with Gasteiger partial charge in [0.1, 0.15) is 11.8 Å². The van der Waals surface area contributed by atoms with Crippen LogP contribution in [0.4, 0.5) is 5.69 Å². The molecule has 1 spiro atoms. The van der Waals surface area contributed by atoms with Crippen LogP contribution in [0.3, 0.4) is 0 Å². The molecule has 0 radical (unpaired) electrons. The molecule has 9 heteroatoms. The van der Waals surface area contributed by atoms with Gasteiger partial charge < -0.3 is 25.4 Å². The molecule has 39 heavy (non-hydrogen) atoms. The lowest BCUT2D eigenvalue weighted by Crippen LogP contribution is -2.55. The summed E-state index contributed by atoms with van der Waals surface area (Å²) in [7, 11) is 0. The number of nitrogens with zero attached hydrogens (tertiary/aromatic N) is 1. The van der Waals surface area contributed by atoms with Crippen molar-refractivity contribution in [3.8, 4) is 5.75 Å². The number of benzene rings is 2. The first-order valence-corrected chi connectivity index (χ1v) is 14.5. The highest BCUT2D eigenvalue weighted by Crippen LogP contribution is 2.72. The molecule has 0 saturated carbocycles. The Morgan fingerprint density at radius 1 is 1.10 bits per heavy atom. The van der Waals surface area contributed by atoms with Gasteiger partial charge in [-0.1, -0.05) is 30.3 Å². The van der Waals surface area contributed by atoms with Crippen LogP contribution in [0.1, 0.15) is 52.1 Å². The van der Waals surface area contributed by atoms with Gasteiger partial charge in [-0.05, 0) is 70.4 Å². The van der Waals surface area contributed by atoms with Crippen LogP contribution < -0.4 is 15.4 Å². The average Bonchev–Trinajstić information content (AvgIpc) is 3.47. The second-order valence-corrected chi connectivity index (χ2v) is 13.1. The monoisotopic (exact) mass is 551 g/mol. The molecular formula is C30H37N3O5S. The lowest BCUT2D eigenvalue weighted by Gasteiger charge is -2.37. The molecule has 0 aliphatic carbocycles. The number of nitrogens with one attached hydrogen (secondary N) is 2. The van der Waals surface area contributed by atoms with Crippen molar-refractivity contribution in [2.24, 2.45) is 11.8 Å². The fraction of sp³-hybridized carbons (Fsp3) is 0.500.